The molecule has 1 unspecified atom stereocenters. The molecule has 1 N–H and O–H groups in total. The second kappa shape index (κ2) is 10.1. The Kier molecular flexibility index (Phi) is 7.04. The van der Waals surface area contributed by atoms with Crippen molar-refractivity contribution in [3.05, 3.63) is 71.7 Å². The number of aryl methyl sites for hydroxylation is 1. The summed E-state index contributed by atoms with van der Waals surface area (Å²) in [7, 11) is 0. The second-order valence-corrected chi connectivity index (χ2v) is 8.63. The van der Waals surface area contributed by atoms with E-state index in [-0.39, 0.29) is 11.9 Å². The van der Waals surface area contributed by atoms with E-state index in [4.69, 9.17) is 4.74 Å². The summed E-state index contributed by atoms with van der Waals surface area (Å²) in [6, 6.07) is 14.3. The largest absolute Gasteiger partial charge is 0.379 e. The van der Waals surface area contributed by atoms with Crippen LogP contribution in [0.2, 0.25) is 0 Å². The van der Waals surface area contributed by atoms with Gasteiger partial charge in [-0.05, 0) is 24.1 Å². The molecule has 1 fully saturated rings. The molecule has 7 heteroatoms. The quantitative estimate of drug-likeness (QED) is 0.602. The first-order chi connectivity index (χ1) is 14.7. The molecule has 0 bridgehead atoms. The zero-order valence-corrected chi connectivity index (χ0v) is 18.1. The van der Waals surface area contributed by atoms with Crippen LogP contribution in [0.4, 0.5) is 0 Å². The van der Waals surface area contributed by atoms with Crippen LogP contribution in [0, 0.1) is 6.92 Å². The molecule has 158 valence electrons. The Morgan fingerprint density at radius 1 is 1.17 bits per heavy atom. The molecule has 1 atom stereocenters. The number of thioether (sulfide) groups is 1. The van der Waals surface area contributed by atoms with Gasteiger partial charge in [0.15, 0.2) is 0 Å². The molecule has 3 aromatic rings. The number of pyridine rings is 1. The molecule has 3 heterocycles. The van der Waals surface area contributed by atoms with Crippen molar-refractivity contribution in [3.63, 3.8) is 0 Å². The number of aromatic nitrogens is 2. The van der Waals surface area contributed by atoms with E-state index in [1.54, 1.807) is 11.8 Å². The maximum atomic E-state index is 12.7. The van der Waals surface area contributed by atoms with Crippen molar-refractivity contribution in [3.8, 4) is 0 Å². The SMILES string of the molecule is Cc1ccc2nc(CSCC(=O)NC(CN3CCOCC3)c3ccccc3)cn2c1. The zero-order valence-electron chi connectivity index (χ0n) is 17.3. The summed E-state index contributed by atoms with van der Waals surface area (Å²) in [5.74, 6) is 1.19. The maximum absolute atomic E-state index is 12.7. The molecule has 4 rings (SSSR count). The van der Waals surface area contributed by atoms with Crippen molar-refractivity contribution >= 4 is 23.3 Å². The highest BCUT2D eigenvalue weighted by Crippen LogP contribution is 2.17. The van der Waals surface area contributed by atoms with Gasteiger partial charge in [-0.2, -0.15) is 0 Å². The van der Waals surface area contributed by atoms with Gasteiger partial charge < -0.3 is 14.5 Å². The summed E-state index contributed by atoms with van der Waals surface area (Å²) >= 11 is 1.60. The van der Waals surface area contributed by atoms with E-state index in [9.17, 15) is 4.79 Å². The van der Waals surface area contributed by atoms with Gasteiger partial charge in [0.25, 0.3) is 0 Å². The Morgan fingerprint density at radius 2 is 1.97 bits per heavy atom. The van der Waals surface area contributed by atoms with Crippen LogP contribution in [0.25, 0.3) is 5.65 Å². The Labute approximate surface area is 181 Å². The molecule has 30 heavy (non-hydrogen) atoms. The molecule has 0 spiro atoms. The Hall–Kier alpha value is -2.35. The van der Waals surface area contributed by atoms with Crippen molar-refractivity contribution in [2.45, 2.75) is 18.7 Å². The summed E-state index contributed by atoms with van der Waals surface area (Å²) in [5, 5.41) is 3.23. The average Bonchev–Trinajstić information content (AvgIpc) is 3.16. The summed E-state index contributed by atoms with van der Waals surface area (Å²) in [6.07, 6.45) is 4.11. The highest BCUT2D eigenvalue weighted by Gasteiger charge is 2.20. The summed E-state index contributed by atoms with van der Waals surface area (Å²) in [6.45, 7) is 6.18. The van der Waals surface area contributed by atoms with Gasteiger partial charge in [0, 0.05) is 37.8 Å². The average molecular weight is 425 g/mol. The van der Waals surface area contributed by atoms with Crippen LogP contribution in [0.3, 0.4) is 0 Å². The fraction of sp³-hybridized carbons (Fsp3) is 0.391. The lowest BCUT2D eigenvalue weighted by Gasteiger charge is -2.31. The van der Waals surface area contributed by atoms with E-state index in [1.165, 1.54) is 5.56 Å². The Bertz CT molecular complexity index is 970. The minimum Gasteiger partial charge on any atom is -0.379 e. The fourth-order valence-electron chi connectivity index (χ4n) is 3.67. The fourth-order valence-corrected chi connectivity index (χ4v) is 4.39. The number of nitrogens with zero attached hydrogens (tertiary/aromatic N) is 3. The number of fused-ring (bicyclic) bond motifs is 1. The third-order valence-corrected chi connectivity index (χ3v) is 6.18. The van der Waals surface area contributed by atoms with Crippen LogP contribution in [0.5, 0.6) is 0 Å². The number of morpholine rings is 1. The van der Waals surface area contributed by atoms with Crippen molar-refractivity contribution in [2.24, 2.45) is 0 Å². The number of ether oxygens (including phenoxy) is 1. The summed E-state index contributed by atoms with van der Waals surface area (Å²) < 4.78 is 7.49. The van der Waals surface area contributed by atoms with Crippen molar-refractivity contribution in [1.82, 2.24) is 19.6 Å². The van der Waals surface area contributed by atoms with E-state index in [2.05, 4.69) is 46.5 Å². The number of nitrogens with one attached hydrogen (secondary N) is 1. The van der Waals surface area contributed by atoms with Crippen molar-refractivity contribution in [2.75, 3.05) is 38.6 Å². The number of hydrogen-bond acceptors (Lipinski definition) is 5. The minimum absolute atomic E-state index is 0.0180. The van der Waals surface area contributed by atoms with Crippen molar-refractivity contribution < 1.29 is 9.53 Å². The van der Waals surface area contributed by atoms with Crippen LogP contribution >= 0.6 is 11.8 Å². The molecule has 0 aliphatic carbocycles. The molecule has 0 radical (unpaired) electrons. The number of imidazole rings is 1. The van der Waals surface area contributed by atoms with Gasteiger partial charge in [0.2, 0.25) is 5.91 Å². The lowest BCUT2D eigenvalue weighted by Crippen LogP contribution is -2.43. The normalized spacial score (nSPS) is 15.9. The number of benzene rings is 1. The number of carbonyl (C=O) groups excluding carboxylic acids is 1. The van der Waals surface area contributed by atoms with Gasteiger partial charge in [-0.15, -0.1) is 11.8 Å². The number of hydrogen-bond donors (Lipinski definition) is 1. The first-order valence-electron chi connectivity index (χ1n) is 10.3. The molecule has 1 aliphatic heterocycles. The Balaban J connectivity index is 1.32. The van der Waals surface area contributed by atoms with Gasteiger partial charge in [0.05, 0.1) is 30.7 Å². The van der Waals surface area contributed by atoms with E-state index in [0.717, 1.165) is 49.8 Å². The van der Waals surface area contributed by atoms with Crippen LogP contribution < -0.4 is 5.32 Å². The number of rotatable bonds is 8. The van der Waals surface area contributed by atoms with Crippen molar-refractivity contribution in [1.29, 1.82) is 0 Å². The lowest BCUT2D eigenvalue weighted by atomic mass is 10.1. The topological polar surface area (TPSA) is 58.9 Å². The van der Waals surface area contributed by atoms with E-state index < -0.39 is 0 Å². The van der Waals surface area contributed by atoms with E-state index in [1.807, 2.05) is 34.9 Å². The highest BCUT2D eigenvalue weighted by atomic mass is 32.2. The number of carbonyl (C=O) groups is 1. The van der Waals surface area contributed by atoms with Crippen LogP contribution in [-0.4, -0.2) is 58.8 Å². The standard InChI is InChI=1S/C23H28N4O2S/c1-18-7-8-22-24-20(14-27(22)13-18)16-30-17-23(28)25-21(19-5-3-2-4-6-19)15-26-9-11-29-12-10-26/h2-8,13-14,21H,9-12,15-17H2,1H3,(H,25,28). The molecule has 1 aliphatic rings. The third kappa shape index (κ3) is 5.62. The predicted molar refractivity (Wildman–Crippen MR) is 121 cm³/mol. The molecule has 1 amide bonds. The molecule has 0 saturated carbocycles. The molecule has 6 nitrogen and oxygen atoms in total. The van der Waals surface area contributed by atoms with Gasteiger partial charge in [-0.1, -0.05) is 36.4 Å². The highest BCUT2D eigenvalue weighted by molar-refractivity contribution is 7.99. The monoisotopic (exact) mass is 424 g/mol. The Morgan fingerprint density at radius 3 is 2.77 bits per heavy atom. The molecule has 1 saturated heterocycles. The predicted octanol–water partition coefficient (Wildman–Crippen LogP) is 3.07. The second-order valence-electron chi connectivity index (χ2n) is 7.64. The van der Waals surface area contributed by atoms with Crippen LogP contribution in [0.1, 0.15) is 22.9 Å². The van der Waals surface area contributed by atoms with Crippen LogP contribution in [0.15, 0.2) is 54.9 Å². The maximum Gasteiger partial charge on any atom is 0.230 e. The summed E-state index contributed by atoms with van der Waals surface area (Å²) in [5.41, 5.74) is 4.27. The number of amides is 1. The summed E-state index contributed by atoms with van der Waals surface area (Å²) in [4.78, 5) is 19.7. The first-order valence-corrected chi connectivity index (χ1v) is 11.5. The molecular weight excluding hydrogens is 396 g/mol. The van der Waals surface area contributed by atoms with Gasteiger partial charge in [-0.25, -0.2) is 4.98 Å². The smallest absolute Gasteiger partial charge is 0.230 e. The molecule has 1 aromatic carbocycles. The third-order valence-electron chi connectivity index (χ3n) is 5.21. The van der Waals surface area contributed by atoms with E-state index >= 15 is 0 Å². The lowest BCUT2D eigenvalue weighted by molar-refractivity contribution is -0.119. The van der Waals surface area contributed by atoms with Gasteiger partial charge >= 0.3 is 0 Å². The van der Waals surface area contributed by atoms with Crippen LogP contribution in [-0.2, 0) is 15.3 Å². The first kappa shape index (κ1) is 20.9. The van der Waals surface area contributed by atoms with E-state index in [0.29, 0.717) is 11.5 Å². The van der Waals surface area contributed by atoms with Gasteiger partial charge in [-0.3, -0.25) is 9.69 Å². The molecular formula is C23H28N4O2S. The van der Waals surface area contributed by atoms with Gasteiger partial charge in [0.1, 0.15) is 5.65 Å². The minimum atomic E-state index is -0.0180. The zero-order chi connectivity index (χ0) is 20.8. The molecule has 2 aromatic heterocycles.